The fourth-order valence-corrected chi connectivity index (χ4v) is 3.74. The minimum atomic E-state index is -0.843. The van der Waals surface area contributed by atoms with Crippen LogP contribution in [0.25, 0.3) is 5.82 Å². The van der Waals surface area contributed by atoms with E-state index >= 15 is 0 Å². The summed E-state index contributed by atoms with van der Waals surface area (Å²) in [6, 6.07) is 15.2. The third-order valence-electron chi connectivity index (χ3n) is 5.67. The summed E-state index contributed by atoms with van der Waals surface area (Å²) in [6.07, 6.45) is 12.4. The van der Waals surface area contributed by atoms with E-state index < -0.39 is 11.9 Å². The highest BCUT2D eigenvalue weighted by Crippen LogP contribution is 2.23. The van der Waals surface area contributed by atoms with Gasteiger partial charge in [-0.15, -0.1) is 6.58 Å². The molecule has 0 spiro atoms. The molecule has 0 saturated heterocycles. The molecule has 2 atom stereocenters. The molecule has 0 saturated carbocycles. The van der Waals surface area contributed by atoms with Crippen LogP contribution in [0.2, 0.25) is 0 Å². The molecule has 188 valence electrons. The average molecular weight is 485 g/mol. The quantitative estimate of drug-likeness (QED) is 0.316. The van der Waals surface area contributed by atoms with Crippen LogP contribution in [-0.4, -0.2) is 36.8 Å². The number of rotatable bonds is 11. The average Bonchev–Trinajstić information content (AvgIpc) is 3.36. The number of aromatic nitrogens is 3. The number of carboxylic acid groups (broad SMARTS) is 1. The highest BCUT2D eigenvalue weighted by atomic mass is 16.4. The van der Waals surface area contributed by atoms with Crippen molar-refractivity contribution in [2.45, 2.75) is 45.6 Å². The van der Waals surface area contributed by atoms with Crippen LogP contribution in [0, 0.1) is 6.92 Å². The van der Waals surface area contributed by atoms with Gasteiger partial charge in [0.25, 0.3) is 0 Å². The second-order valence-corrected chi connectivity index (χ2v) is 8.19. The number of hydrogen-bond acceptors (Lipinski definition) is 4. The third-order valence-corrected chi connectivity index (χ3v) is 5.67. The molecule has 3 rings (SSSR count). The lowest BCUT2D eigenvalue weighted by molar-refractivity contribution is -0.138. The number of nitrogens with zero attached hydrogens (tertiary/aromatic N) is 4. The summed E-state index contributed by atoms with van der Waals surface area (Å²) in [5.41, 5.74) is 3.72. The first-order valence-corrected chi connectivity index (χ1v) is 11.9. The van der Waals surface area contributed by atoms with Gasteiger partial charge in [0.1, 0.15) is 0 Å². The molecule has 3 aromatic rings. The second-order valence-electron chi connectivity index (χ2n) is 8.19. The summed E-state index contributed by atoms with van der Waals surface area (Å²) < 4.78 is 1.69. The van der Waals surface area contributed by atoms with Crippen molar-refractivity contribution >= 4 is 5.97 Å². The summed E-state index contributed by atoms with van der Waals surface area (Å²) in [5.74, 6) is -0.778. The standard InChI is InChI=1S/C18H17N3O2.C12H19N/c1-13-5-4-6-14(11-13)16(18(22)23)12-15-8-10-20-21(15)17-7-2-3-9-19-17;1-6-10-12(8-3)13(9-4)11(5)7-2/h2-11,16H,12H2,1H3,(H,22,23);6,8-10,12H,3-5,7H2,1-2H3/b;10-6-. The van der Waals surface area contributed by atoms with Crippen LogP contribution < -0.4 is 0 Å². The number of pyridine rings is 1. The zero-order valence-electron chi connectivity index (χ0n) is 21.4. The second kappa shape index (κ2) is 14.3. The van der Waals surface area contributed by atoms with Crippen LogP contribution in [0.3, 0.4) is 0 Å². The van der Waals surface area contributed by atoms with E-state index in [-0.39, 0.29) is 6.04 Å². The van der Waals surface area contributed by atoms with E-state index in [0.717, 1.165) is 28.9 Å². The van der Waals surface area contributed by atoms with Crippen molar-refractivity contribution < 1.29 is 9.90 Å². The predicted molar refractivity (Wildman–Crippen MR) is 147 cm³/mol. The Balaban J connectivity index is 0.000000302. The summed E-state index contributed by atoms with van der Waals surface area (Å²) in [5, 5.41) is 13.9. The summed E-state index contributed by atoms with van der Waals surface area (Å²) >= 11 is 0. The zero-order chi connectivity index (χ0) is 26.5. The minimum absolute atomic E-state index is 0.176. The molecule has 1 aromatic carbocycles. The van der Waals surface area contributed by atoms with Gasteiger partial charge in [-0.1, -0.05) is 74.2 Å². The first-order chi connectivity index (χ1) is 17.4. The summed E-state index contributed by atoms with van der Waals surface area (Å²) in [6.45, 7) is 17.5. The Hall–Kier alpha value is -4.19. The van der Waals surface area contributed by atoms with E-state index in [4.69, 9.17) is 0 Å². The SMILES string of the molecule is C=CC(/C=C\C)N(C=C)C(=C)CC.Cc1cccc(C(Cc2ccnn2-c2ccccn2)C(=O)O)c1. The van der Waals surface area contributed by atoms with Crippen LogP contribution in [0.15, 0.2) is 111 Å². The zero-order valence-corrected chi connectivity index (χ0v) is 21.4. The molecule has 0 amide bonds. The first kappa shape index (κ1) is 28.1. The van der Waals surface area contributed by atoms with Crippen LogP contribution >= 0.6 is 0 Å². The Morgan fingerprint density at radius 1 is 1.17 bits per heavy atom. The molecule has 0 aliphatic carbocycles. The number of carboxylic acids is 1. The number of benzene rings is 1. The van der Waals surface area contributed by atoms with Gasteiger partial charge in [-0.2, -0.15) is 5.10 Å². The topological polar surface area (TPSA) is 71.2 Å². The van der Waals surface area contributed by atoms with Crippen LogP contribution in [0.4, 0.5) is 0 Å². The van der Waals surface area contributed by atoms with Crippen molar-refractivity contribution in [2.24, 2.45) is 0 Å². The van der Waals surface area contributed by atoms with Crippen LogP contribution in [0.5, 0.6) is 0 Å². The molecule has 0 aliphatic rings. The first-order valence-electron chi connectivity index (χ1n) is 11.9. The molecule has 6 heteroatoms. The highest BCUT2D eigenvalue weighted by molar-refractivity contribution is 5.76. The van der Waals surface area contributed by atoms with Gasteiger partial charge in [-0.25, -0.2) is 9.67 Å². The molecular formula is C30H36N4O2. The number of carbonyl (C=O) groups is 1. The van der Waals surface area contributed by atoms with Crippen molar-refractivity contribution in [1.82, 2.24) is 19.7 Å². The fourth-order valence-electron chi connectivity index (χ4n) is 3.74. The molecule has 1 N–H and O–H groups in total. The predicted octanol–water partition coefficient (Wildman–Crippen LogP) is 6.47. The van der Waals surface area contributed by atoms with Gasteiger partial charge in [0.15, 0.2) is 5.82 Å². The maximum absolute atomic E-state index is 11.7. The number of hydrogen-bond donors (Lipinski definition) is 1. The Morgan fingerprint density at radius 2 is 1.94 bits per heavy atom. The van der Waals surface area contributed by atoms with Crippen LogP contribution in [0.1, 0.15) is 43.0 Å². The number of allylic oxidation sites excluding steroid dienone is 2. The molecule has 0 fully saturated rings. The number of aryl methyl sites for hydroxylation is 1. The summed E-state index contributed by atoms with van der Waals surface area (Å²) in [4.78, 5) is 18.0. The van der Waals surface area contributed by atoms with E-state index in [0.29, 0.717) is 12.2 Å². The lowest BCUT2D eigenvalue weighted by Crippen LogP contribution is -2.25. The molecular weight excluding hydrogens is 448 g/mol. The van der Waals surface area contributed by atoms with Crippen molar-refractivity contribution in [3.8, 4) is 5.82 Å². The molecule has 0 radical (unpaired) electrons. The van der Waals surface area contributed by atoms with Crippen molar-refractivity contribution in [3.63, 3.8) is 0 Å². The summed E-state index contributed by atoms with van der Waals surface area (Å²) in [7, 11) is 0. The molecule has 2 aromatic heterocycles. The van der Waals surface area contributed by atoms with Gasteiger partial charge in [-0.05, 0) is 50.2 Å². The van der Waals surface area contributed by atoms with Gasteiger partial charge in [-0.3, -0.25) is 4.79 Å². The molecule has 0 aliphatic heterocycles. The Labute approximate surface area is 214 Å². The Kier molecular flexibility index (Phi) is 11.1. The Bertz CT molecular complexity index is 1180. The van der Waals surface area contributed by atoms with Crippen LogP contribution in [-0.2, 0) is 11.2 Å². The minimum Gasteiger partial charge on any atom is -0.481 e. The fraction of sp³-hybridized carbons (Fsp3) is 0.233. The van der Waals surface area contributed by atoms with Gasteiger partial charge in [0, 0.05) is 30.2 Å². The largest absolute Gasteiger partial charge is 0.481 e. The van der Waals surface area contributed by atoms with E-state index in [1.54, 1.807) is 23.3 Å². The molecule has 2 heterocycles. The van der Waals surface area contributed by atoms with Crippen molar-refractivity contribution in [2.75, 3.05) is 0 Å². The van der Waals surface area contributed by atoms with Gasteiger partial charge in [0.2, 0.25) is 0 Å². The van der Waals surface area contributed by atoms with E-state index in [1.807, 2.05) is 79.4 Å². The Morgan fingerprint density at radius 3 is 2.50 bits per heavy atom. The van der Waals surface area contributed by atoms with E-state index in [9.17, 15) is 9.90 Å². The smallest absolute Gasteiger partial charge is 0.311 e. The number of aliphatic carboxylic acids is 1. The normalized spacial score (nSPS) is 12.2. The lowest BCUT2D eigenvalue weighted by Gasteiger charge is -2.27. The monoisotopic (exact) mass is 484 g/mol. The maximum Gasteiger partial charge on any atom is 0.311 e. The molecule has 36 heavy (non-hydrogen) atoms. The maximum atomic E-state index is 11.7. The van der Waals surface area contributed by atoms with Crippen molar-refractivity contribution in [3.05, 3.63) is 128 Å². The van der Waals surface area contributed by atoms with E-state index in [1.165, 1.54) is 0 Å². The molecule has 2 unspecified atom stereocenters. The van der Waals surface area contributed by atoms with Gasteiger partial charge in [0.05, 0.1) is 12.0 Å². The van der Waals surface area contributed by atoms with Gasteiger partial charge >= 0.3 is 5.97 Å². The highest BCUT2D eigenvalue weighted by Gasteiger charge is 2.22. The molecule has 6 nitrogen and oxygen atoms in total. The van der Waals surface area contributed by atoms with Crippen molar-refractivity contribution in [1.29, 1.82) is 0 Å². The van der Waals surface area contributed by atoms with E-state index in [2.05, 4.69) is 42.8 Å². The van der Waals surface area contributed by atoms with Gasteiger partial charge < -0.3 is 10.0 Å². The molecule has 0 bridgehead atoms. The third kappa shape index (κ3) is 7.67. The lowest BCUT2D eigenvalue weighted by atomic mass is 9.93.